The van der Waals surface area contributed by atoms with Gasteiger partial charge in [0.2, 0.25) is 12.4 Å². The van der Waals surface area contributed by atoms with Crippen molar-refractivity contribution < 1.29 is 23.5 Å². The number of guanidine groups is 1. The van der Waals surface area contributed by atoms with Crippen LogP contribution in [0.4, 0.5) is 14.9 Å². The maximum Gasteiger partial charge on any atom is 0.323 e. The van der Waals surface area contributed by atoms with E-state index in [2.05, 4.69) is 10.3 Å². The van der Waals surface area contributed by atoms with Crippen LogP contribution in [-0.4, -0.2) is 48.1 Å². The molecule has 36 heavy (non-hydrogen) atoms. The number of aliphatic imine (C=N–C) groups is 1. The van der Waals surface area contributed by atoms with Crippen LogP contribution >= 0.6 is 11.6 Å². The smallest absolute Gasteiger partial charge is 0.323 e. The van der Waals surface area contributed by atoms with E-state index in [-0.39, 0.29) is 23.8 Å². The molecule has 8 nitrogen and oxygen atoms in total. The molecule has 3 rings (SSSR count). The number of halogens is 2. The van der Waals surface area contributed by atoms with Gasteiger partial charge in [0, 0.05) is 24.7 Å². The molecule has 0 aliphatic rings. The molecule has 186 valence electrons. The number of urea groups is 1. The lowest BCUT2D eigenvalue weighted by molar-refractivity contribution is -0.115. The predicted octanol–water partition coefficient (Wildman–Crippen LogP) is 5.39. The number of rotatable bonds is 8. The Bertz CT molecular complexity index is 1250. The van der Waals surface area contributed by atoms with Gasteiger partial charge in [0.1, 0.15) is 17.3 Å². The van der Waals surface area contributed by atoms with Gasteiger partial charge < -0.3 is 9.64 Å². The van der Waals surface area contributed by atoms with Crippen molar-refractivity contribution in [1.29, 1.82) is 0 Å². The topological polar surface area (TPSA) is 91.3 Å². The van der Waals surface area contributed by atoms with Crippen LogP contribution in [0, 0.1) is 5.82 Å². The minimum Gasteiger partial charge on any atom is -0.457 e. The Balaban J connectivity index is 1.84. The van der Waals surface area contributed by atoms with E-state index in [1.54, 1.807) is 55.6 Å². The Labute approximate surface area is 212 Å². The minimum absolute atomic E-state index is 0.0328. The summed E-state index contributed by atoms with van der Waals surface area (Å²) < 4.78 is 19.5. The van der Waals surface area contributed by atoms with Crippen LogP contribution in [0.5, 0.6) is 11.5 Å². The van der Waals surface area contributed by atoms with Gasteiger partial charge in [-0.15, -0.1) is 0 Å². The second kappa shape index (κ2) is 12.5. The summed E-state index contributed by atoms with van der Waals surface area (Å²) in [6, 6.07) is 16.9. The van der Waals surface area contributed by atoms with Gasteiger partial charge in [-0.3, -0.25) is 19.8 Å². The Morgan fingerprint density at radius 3 is 2.31 bits per heavy atom. The van der Waals surface area contributed by atoms with Gasteiger partial charge in [-0.1, -0.05) is 23.7 Å². The Morgan fingerprint density at radius 2 is 1.72 bits per heavy atom. The highest BCUT2D eigenvalue weighted by atomic mass is 35.5. The molecule has 0 aromatic heterocycles. The van der Waals surface area contributed by atoms with Crippen molar-refractivity contribution in [1.82, 2.24) is 15.1 Å². The number of hydrogen-bond donors (Lipinski definition) is 1. The maximum atomic E-state index is 13.8. The largest absolute Gasteiger partial charge is 0.457 e. The van der Waals surface area contributed by atoms with E-state index in [1.807, 2.05) is 6.92 Å². The van der Waals surface area contributed by atoms with E-state index in [0.717, 1.165) is 11.6 Å². The summed E-state index contributed by atoms with van der Waals surface area (Å²) in [5.41, 5.74) is 1.16. The highest BCUT2D eigenvalue weighted by Crippen LogP contribution is 2.25. The van der Waals surface area contributed by atoms with Crippen molar-refractivity contribution in [3.63, 3.8) is 0 Å². The van der Waals surface area contributed by atoms with Gasteiger partial charge in [-0.2, -0.15) is 0 Å². The summed E-state index contributed by atoms with van der Waals surface area (Å²) in [6.07, 6.45) is 1.00. The van der Waals surface area contributed by atoms with E-state index in [0.29, 0.717) is 35.7 Å². The second-order valence-corrected chi connectivity index (χ2v) is 8.07. The molecule has 0 unspecified atom stereocenters. The highest BCUT2D eigenvalue weighted by Gasteiger charge is 2.17. The van der Waals surface area contributed by atoms with E-state index in [4.69, 9.17) is 16.3 Å². The fourth-order valence-corrected chi connectivity index (χ4v) is 3.09. The van der Waals surface area contributed by atoms with Crippen LogP contribution in [0.1, 0.15) is 22.8 Å². The number of ether oxygens (including phenoxy) is 1. The molecule has 0 heterocycles. The molecule has 1 N–H and O–H groups in total. The summed E-state index contributed by atoms with van der Waals surface area (Å²) in [6.45, 7) is 2.43. The molecule has 0 aliphatic heterocycles. The molecule has 3 aromatic carbocycles. The lowest BCUT2D eigenvalue weighted by atomic mass is 10.2. The quantitative estimate of drug-likeness (QED) is 0.250. The highest BCUT2D eigenvalue weighted by molar-refractivity contribution is 6.30. The predicted molar refractivity (Wildman–Crippen MR) is 135 cm³/mol. The molecule has 3 amide bonds. The molecular formula is C26H24ClFN4O4. The standard InChI is InChI=1S/C26H24ClFN4O4/c1-3-31(2)26(35)30-25(32(17-34)15-18-4-7-20(27)8-5-18)29-21-9-12-22(13-10-21)36-23-11-6-19(16-33)24(28)14-23/h4-14,16-17H,3,15H2,1-2H3,(H,29,30,35). The van der Waals surface area contributed by atoms with Gasteiger partial charge in [0.25, 0.3) is 0 Å². The number of carbonyl (C=O) groups is 3. The molecule has 3 aromatic rings. The van der Waals surface area contributed by atoms with Crippen molar-refractivity contribution in [3.8, 4) is 11.5 Å². The number of nitrogens with zero attached hydrogens (tertiary/aromatic N) is 3. The SMILES string of the molecule is CCN(C)C(=O)NC(=Nc1ccc(Oc2ccc(C=O)c(F)c2)cc1)N(C=O)Cc1ccc(Cl)cc1. The molecule has 0 bridgehead atoms. The number of hydrogen-bond acceptors (Lipinski definition) is 5. The van der Waals surface area contributed by atoms with Crippen molar-refractivity contribution in [3.05, 3.63) is 88.7 Å². The van der Waals surface area contributed by atoms with Crippen LogP contribution < -0.4 is 10.1 Å². The van der Waals surface area contributed by atoms with Crippen LogP contribution in [0.25, 0.3) is 0 Å². The van der Waals surface area contributed by atoms with Gasteiger partial charge >= 0.3 is 6.03 Å². The first-order valence-electron chi connectivity index (χ1n) is 10.9. The molecule has 0 aliphatic carbocycles. The molecule has 0 saturated heterocycles. The number of amides is 3. The first-order valence-corrected chi connectivity index (χ1v) is 11.3. The van der Waals surface area contributed by atoms with Crippen LogP contribution in [0.15, 0.2) is 71.7 Å². The first-order chi connectivity index (χ1) is 17.3. The number of aldehydes is 1. The molecule has 0 saturated carbocycles. The summed E-state index contributed by atoms with van der Waals surface area (Å²) in [5.74, 6) is -0.0295. The minimum atomic E-state index is -0.684. The lowest BCUT2D eigenvalue weighted by Gasteiger charge is -2.23. The van der Waals surface area contributed by atoms with Gasteiger partial charge in [-0.05, 0) is 61.0 Å². The Morgan fingerprint density at radius 1 is 1.06 bits per heavy atom. The lowest BCUT2D eigenvalue weighted by Crippen LogP contribution is -2.47. The molecule has 0 atom stereocenters. The van der Waals surface area contributed by atoms with Gasteiger partial charge in [0.15, 0.2) is 6.29 Å². The van der Waals surface area contributed by atoms with Crippen molar-refractivity contribution >= 4 is 42.0 Å². The van der Waals surface area contributed by atoms with Gasteiger partial charge in [0.05, 0.1) is 17.8 Å². The zero-order valence-corrected chi connectivity index (χ0v) is 20.4. The third-order valence-corrected chi connectivity index (χ3v) is 5.36. The first kappa shape index (κ1) is 26.4. The summed E-state index contributed by atoms with van der Waals surface area (Å²) >= 11 is 5.94. The van der Waals surface area contributed by atoms with E-state index in [1.165, 1.54) is 21.9 Å². The monoisotopic (exact) mass is 510 g/mol. The van der Waals surface area contributed by atoms with E-state index < -0.39 is 11.8 Å². The molecular weight excluding hydrogens is 487 g/mol. The fraction of sp³-hybridized carbons (Fsp3) is 0.154. The summed E-state index contributed by atoms with van der Waals surface area (Å²) in [5, 5.41) is 3.24. The second-order valence-electron chi connectivity index (χ2n) is 7.64. The van der Waals surface area contributed by atoms with E-state index in [9.17, 15) is 18.8 Å². The normalized spacial score (nSPS) is 10.9. The third kappa shape index (κ3) is 7.13. The van der Waals surface area contributed by atoms with Gasteiger partial charge in [-0.25, -0.2) is 14.2 Å². The Kier molecular flexibility index (Phi) is 9.13. The number of benzene rings is 3. The zero-order chi connectivity index (χ0) is 26.1. The number of nitrogens with one attached hydrogen (secondary N) is 1. The zero-order valence-electron chi connectivity index (χ0n) is 19.7. The van der Waals surface area contributed by atoms with Crippen molar-refractivity contribution in [2.45, 2.75) is 13.5 Å². The molecule has 0 spiro atoms. The van der Waals surface area contributed by atoms with Crippen LogP contribution in [0.2, 0.25) is 5.02 Å². The number of carbonyl (C=O) groups excluding carboxylic acids is 3. The molecule has 0 radical (unpaired) electrons. The average molecular weight is 511 g/mol. The fourth-order valence-electron chi connectivity index (χ4n) is 2.96. The summed E-state index contributed by atoms with van der Waals surface area (Å²) in [4.78, 5) is 42.4. The maximum absolute atomic E-state index is 13.8. The van der Waals surface area contributed by atoms with Crippen LogP contribution in [0.3, 0.4) is 0 Å². The summed E-state index contributed by atoms with van der Waals surface area (Å²) in [7, 11) is 1.62. The van der Waals surface area contributed by atoms with Crippen molar-refractivity contribution in [2.75, 3.05) is 13.6 Å². The van der Waals surface area contributed by atoms with E-state index >= 15 is 0 Å². The third-order valence-electron chi connectivity index (χ3n) is 5.11. The molecule has 10 heteroatoms. The molecule has 0 fully saturated rings. The van der Waals surface area contributed by atoms with Crippen LogP contribution in [-0.2, 0) is 11.3 Å². The van der Waals surface area contributed by atoms with Crippen molar-refractivity contribution in [2.24, 2.45) is 4.99 Å². The Hall–Kier alpha value is -4.24. The average Bonchev–Trinajstić information content (AvgIpc) is 2.88.